The van der Waals surface area contributed by atoms with Gasteiger partial charge < -0.3 is 10.3 Å². The standard InChI is InChI=1S/C13H18Cl2N2O2/c14-5-7-17(8-6-15)12-3-1-11(2-4-12)9-13(10-16)19-18/h1-4,10,13,16,18H,5-9H2. The maximum Gasteiger partial charge on any atom is 0.131 e. The Labute approximate surface area is 123 Å². The van der Waals surface area contributed by atoms with Gasteiger partial charge in [-0.2, -0.15) is 0 Å². The van der Waals surface area contributed by atoms with Crippen molar-refractivity contribution >= 4 is 35.1 Å². The van der Waals surface area contributed by atoms with Crippen LogP contribution in [0.4, 0.5) is 5.69 Å². The second-order valence-corrected chi connectivity index (χ2v) is 4.80. The van der Waals surface area contributed by atoms with Gasteiger partial charge in [-0.05, 0) is 17.7 Å². The first-order valence-corrected chi connectivity index (χ1v) is 7.08. The first-order chi connectivity index (χ1) is 9.24. The van der Waals surface area contributed by atoms with E-state index in [1.165, 1.54) is 0 Å². The number of anilines is 1. The number of hydrogen-bond donors (Lipinski definition) is 2. The highest BCUT2D eigenvalue weighted by Crippen LogP contribution is 2.16. The molecular formula is C13H18Cl2N2O2. The molecule has 0 spiro atoms. The van der Waals surface area contributed by atoms with Crippen molar-refractivity contribution in [2.45, 2.75) is 12.5 Å². The number of benzene rings is 1. The van der Waals surface area contributed by atoms with E-state index in [0.717, 1.165) is 30.6 Å². The molecule has 0 fully saturated rings. The van der Waals surface area contributed by atoms with E-state index < -0.39 is 6.10 Å². The molecular weight excluding hydrogens is 287 g/mol. The summed E-state index contributed by atoms with van der Waals surface area (Å²) < 4.78 is 0. The number of rotatable bonds is 9. The van der Waals surface area contributed by atoms with Gasteiger partial charge in [-0.3, -0.25) is 5.26 Å². The highest BCUT2D eigenvalue weighted by molar-refractivity contribution is 6.18. The van der Waals surface area contributed by atoms with Crippen LogP contribution in [-0.2, 0) is 11.3 Å². The highest BCUT2D eigenvalue weighted by atomic mass is 35.5. The Balaban J connectivity index is 2.70. The number of halogens is 2. The quantitative estimate of drug-likeness (QED) is 0.319. The van der Waals surface area contributed by atoms with Crippen molar-refractivity contribution in [2.24, 2.45) is 0 Å². The Bertz CT molecular complexity index is 367. The molecule has 0 radical (unpaired) electrons. The molecule has 0 amide bonds. The first kappa shape index (κ1) is 16.2. The lowest BCUT2D eigenvalue weighted by Crippen LogP contribution is -2.27. The summed E-state index contributed by atoms with van der Waals surface area (Å²) in [7, 11) is 0. The second-order valence-electron chi connectivity index (χ2n) is 4.05. The van der Waals surface area contributed by atoms with Crippen LogP contribution in [0.1, 0.15) is 5.56 Å². The summed E-state index contributed by atoms with van der Waals surface area (Å²) in [6.45, 7) is 1.49. The van der Waals surface area contributed by atoms with E-state index in [0.29, 0.717) is 18.2 Å². The molecule has 0 aromatic heterocycles. The van der Waals surface area contributed by atoms with Crippen molar-refractivity contribution in [2.75, 3.05) is 29.7 Å². The number of alkyl halides is 2. The molecule has 1 rings (SSSR count). The van der Waals surface area contributed by atoms with Gasteiger partial charge in [0.05, 0.1) is 0 Å². The fourth-order valence-electron chi connectivity index (χ4n) is 1.78. The van der Waals surface area contributed by atoms with E-state index in [1.54, 1.807) is 0 Å². The predicted molar refractivity (Wildman–Crippen MR) is 80.1 cm³/mol. The highest BCUT2D eigenvalue weighted by Gasteiger charge is 2.08. The molecule has 19 heavy (non-hydrogen) atoms. The topological polar surface area (TPSA) is 56.6 Å². The van der Waals surface area contributed by atoms with Gasteiger partial charge in [0.2, 0.25) is 0 Å². The molecule has 0 saturated heterocycles. The van der Waals surface area contributed by atoms with Crippen molar-refractivity contribution in [3.63, 3.8) is 0 Å². The summed E-state index contributed by atoms with van der Waals surface area (Å²) in [4.78, 5) is 6.28. The number of nitrogens with zero attached hydrogens (tertiary/aromatic N) is 1. The Hall–Kier alpha value is -0.810. The monoisotopic (exact) mass is 304 g/mol. The summed E-state index contributed by atoms with van der Waals surface area (Å²) in [5.74, 6) is 1.10. The van der Waals surface area contributed by atoms with Crippen LogP contribution in [0.15, 0.2) is 24.3 Å². The maximum atomic E-state index is 8.58. The van der Waals surface area contributed by atoms with E-state index >= 15 is 0 Å². The summed E-state index contributed by atoms with van der Waals surface area (Å²) in [5.41, 5.74) is 2.05. The molecule has 106 valence electrons. The van der Waals surface area contributed by atoms with Crippen molar-refractivity contribution in [3.05, 3.63) is 29.8 Å². The van der Waals surface area contributed by atoms with E-state index in [9.17, 15) is 0 Å². The third kappa shape index (κ3) is 5.37. The lowest BCUT2D eigenvalue weighted by atomic mass is 10.1. The number of hydrogen-bond acceptors (Lipinski definition) is 4. The first-order valence-electron chi connectivity index (χ1n) is 6.01. The van der Waals surface area contributed by atoms with Crippen LogP contribution < -0.4 is 4.90 Å². The fourth-order valence-corrected chi connectivity index (χ4v) is 2.18. The van der Waals surface area contributed by atoms with E-state index in [-0.39, 0.29) is 0 Å². The van der Waals surface area contributed by atoms with Gasteiger partial charge in [-0.1, -0.05) is 12.1 Å². The number of nitrogens with one attached hydrogen (secondary N) is 1. The van der Waals surface area contributed by atoms with Crippen molar-refractivity contribution in [1.29, 1.82) is 5.41 Å². The average molecular weight is 305 g/mol. The predicted octanol–water partition coefficient (Wildman–Crippen LogP) is 3.02. The summed E-state index contributed by atoms with van der Waals surface area (Å²) in [6.07, 6.45) is 0.930. The van der Waals surface area contributed by atoms with Gasteiger partial charge >= 0.3 is 0 Å². The van der Waals surface area contributed by atoms with Gasteiger partial charge in [0.1, 0.15) is 6.10 Å². The van der Waals surface area contributed by atoms with Crippen LogP contribution in [0, 0.1) is 5.41 Å². The van der Waals surface area contributed by atoms with Crippen molar-refractivity contribution < 1.29 is 10.1 Å². The molecule has 6 heteroatoms. The molecule has 0 heterocycles. The smallest absolute Gasteiger partial charge is 0.131 e. The maximum absolute atomic E-state index is 8.58. The minimum absolute atomic E-state index is 0.464. The summed E-state index contributed by atoms with van der Waals surface area (Å²) in [5, 5.41) is 15.7. The zero-order valence-corrected chi connectivity index (χ0v) is 12.1. The van der Waals surface area contributed by atoms with E-state index in [1.807, 2.05) is 24.3 Å². The largest absolute Gasteiger partial charge is 0.369 e. The lowest BCUT2D eigenvalue weighted by molar-refractivity contribution is -0.258. The van der Waals surface area contributed by atoms with Crippen LogP contribution in [0.5, 0.6) is 0 Å². The Morgan fingerprint density at radius 3 is 2.21 bits per heavy atom. The van der Waals surface area contributed by atoms with Gasteiger partial charge in [0.25, 0.3) is 0 Å². The van der Waals surface area contributed by atoms with E-state index in [4.69, 9.17) is 33.9 Å². The molecule has 2 N–H and O–H groups in total. The van der Waals surface area contributed by atoms with Crippen LogP contribution in [0.2, 0.25) is 0 Å². The van der Waals surface area contributed by atoms with Crippen LogP contribution in [0.3, 0.4) is 0 Å². The Kier molecular flexibility index (Phi) is 7.82. The fraction of sp³-hybridized carbons (Fsp3) is 0.462. The molecule has 0 bridgehead atoms. The third-order valence-electron chi connectivity index (χ3n) is 2.77. The van der Waals surface area contributed by atoms with Crippen molar-refractivity contribution in [1.82, 2.24) is 0 Å². The molecule has 0 aliphatic heterocycles. The zero-order valence-electron chi connectivity index (χ0n) is 10.6. The second kappa shape index (κ2) is 9.15. The van der Waals surface area contributed by atoms with Gasteiger partial charge in [0, 0.05) is 43.2 Å². The summed E-state index contributed by atoms with van der Waals surface area (Å²) >= 11 is 11.5. The molecule has 1 aromatic rings. The SMILES string of the molecule is N=CC(Cc1ccc(N(CCCl)CCCl)cc1)OO. The normalized spacial score (nSPS) is 12.2. The van der Waals surface area contributed by atoms with Gasteiger partial charge in [-0.25, -0.2) is 4.89 Å². The van der Waals surface area contributed by atoms with Crippen LogP contribution >= 0.6 is 23.2 Å². The molecule has 1 aromatic carbocycles. The minimum atomic E-state index is -0.604. The molecule has 0 saturated carbocycles. The van der Waals surface area contributed by atoms with Gasteiger partial charge in [0.15, 0.2) is 0 Å². The molecule has 1 unspecified atom stereocenters. The van der Waals surface area contributed by atoms with E-state index in [2.05, 4.69) is 9.79 Å². The summed E-state index contributed by atoms with van der Waals surface area (Å²) in [6, 6.07) is 7.85. The van der Waals surface area contributed by atoms with Crippen LogP contribution in [0.25, 0.3) is 0 Å². The molecule has 4 nitrogen and oxygen atoms in total. The third-order valence-corrected chi connectivity index (χ3v) is 3.11. The molecule has 0 aliphatic carbocycles. The van der Waals surface area contributed by atoms with Crippen molar-refractivity contribution in [3.8, 4) is 0 Å². The molecule has 1 atom stereocenters. The average Bonchev–Trinajstić information content (AvgIpc) is 2.45. The lowest BCUT2D eigenvalue weighted by Gasteiger charge is -2.23. The minimum Gasteiger partial charge on any atom is -0.369 e. The van der Waals surface area contributed by atoms with Crippen LogP contribution in [-0.4, -0.2) is 42.4 Å². The zero-order chi connectivity index (χ0) is 14.1. The molecule has 0 aliphatic rings. The Morgan fingerprint density at radius 2 is 1.79 bits per heavy atom. The van der Waals surface area contributed by atoms with Gasteiger partial charge in [-0.15, -0.1) is 23.2 Å². The Morgan fingerprint density at radius 1 is 1.21 bits per heavy atom.